The Morgan fingerprint density at radius 2 is 1.79 bits per heavy atom. The number of carbonyl (C=O) groups excluding carboxylic acids is 2. The Labute approximate surface area is 250 Å². The number of amides is 1. The highest BCUT2D eigenvalue weighted by atomic mass is 19.1. The minimum absolute atomic E-state index is 0.0873. The normalized spacial score (nSPS) is 13.2. The summed E-state index contributed by atoms with van der Waals surface area (Å²) in [6, 6.07) is 11.8. The van der Waals surface area contributed by atoms with Crippen LogP contribution in [0.1, 0.15) is 35.6 Å². The highest BCUT2D eigenvalue weighted by Crippen LogP contribution is 2.45. The van der Waals surface area contributed by atoms with Gasteiger partial charge >= 0.3 is 5.97 Å². The number of allylic oxidation sites excluding steroid dienone is 2. The van der Waals surface area contributed by atoms with Crippen molar-refractivity contribution in [2.75, 3.05) is 48.1 Å². The number of carbonyl (C=O) groups is 2. The molecule has 3 aromatic rings. The van der Waals surface area contributed by atoms with E-state index in [0.29, 0.717) is 30.2 Å². The Bertz CT molecular complexity index is 1510. The molecular weight excluding hydrogens is 553 g/mol. The van der Waals surface area contributed by atoms with Gasteiger partial charge in [0.05, 0.1) is 20.6 Å². The third kappa shape index (κ3) is 7.98. The van der Waals surface area contributed by atoms with Crippen molar-refractivity contribution in [2.45, 2.75) is 19.9 Å². The van der Waals surface area contributed by atoms with Crippen molar-refractivity contribution in [1.29, 1.82) is 0 Å². The number of rotatable bonds is 13. The predicted octanol–water partition coefficient (Wildman–Crippen LogP) is 4.76. The van der Waals surface area contributed by atoms with Gasteiger partial charge in [0.2, 0.25) is 11.7 Å². The number of hydrogen-bond donors (Lipinski definition) is 1. The number of nitrogens with one attached hydrogen (secondary N) is 1. The Morgan fingerprint density at radius 1 is 1.05 bits per heavy atom. The number of likely N-dealkylation sites (N-methyl/N-ethyl adjacent to an activating group) is 1. The van der Waals surface area contributed by atoms with Crippen LogP contribution in [-0.4, -0.2) is 69.8 Å². The van der Waals surface area contributed by atoms with Gasteiger partial charge in [-0.25, -0.2) is 9.18 Å². The molecule has 0 radical (unpaired) electrons. The first kappa shape index (κ1) is 31.2. The third-order valence-corrected chi connectivity index (χ3v) is 6.93. The number of nitrogens with zero attached hydrogens (tertiary/aromatic N) is 2. The topological polar surface area (TPSA) is 99.2 Å². The van der Waals surface area contributed by atoms with Gasteiger partial charge in [-0.2, -0.15) is 0 Å². The summed E-state index contributed by atoms with van der Waals surface area (Å²) in [4.78, 5) is 31.1. The Hall–Kier alpha value is -4.70. The van der Waals surface area contributed by atoms with Gasteiger partial charge in [0.1, 0.15) is 12.4 Å². The average Bonchev–Trinajstić information content (AvgIpc) is 3.24. The zero-order chi connectivity index (χ0) is 30.9. The van der Waals surface area contributed by atoms with Crippen molar-refractivity contribution < 1.29 is 32.9 Å². The van der Waals surface area contributed by atoms with Crippen LogP contribution in [0.4, 0.5) is 4.39 Å². The van der Waals surface area contributed by atoms with E-state index in [1.54, 1.807) is 30.6 Å². The molecule has 43 heavy (non-hydrogen) atoms. The fourth-order valence-corrected chi connectivity index (χ4v) is 4.72. The highest BCUT2D eigenvalue weighted by molar-refractivity contribution is 6.08. The monoisotopic (exact) mass is 589 g/mol. The summed E-state index contributed by atoms with van der Waals surface area (Å²) in [7, 11) is 6.77. The molecule has 9 nitrogen and oxygen atoms in total. The maximum atomic E-state index is 14.4. The molecule has 1 heterocycles. The first-order chi connectivity index (χ1) is 20.7. The van der Waals surface area contributed by atoms with Crippen LogP contribution in [0.2, 0.25) is 0 Å². The standard InChI is InChI=1S/C33H36FN3O6/c1-21-26(13-23-14-29(40-4)33(30(15-23)41-5)43-20-32(39)42-12-11-37(2)3)25-9-8-24(34)16-28(25)27(21)17-31(38)36-19-22-7-6-10-35-18-22/h6-10,13-16,18H,11-12,17,19-20H2,1-5H3,(H,36,38)/b26-13-. The molecule has 2 aromatic carbocycles. The van der Waals surface area contributed by atoms with E-state index in [2.05, 4.69) is 10.3 Å². The molecule has 1 N–H and O–H groups in total. The van der Waals surface area contributed by atoms with Crippen molar-refractivity contribution in [3.05, 3.63) is 88.5 Å². The van der Waals surface area contributed by atoms with E-state index in [9.17, 15) is 14.0 Å². The molecule has 1 aliphatic carbocycles. The van der Waals surface area contributed by atoms with E-state index < -0.39 is 5.97 Å². The molecule has 10 heteroatoms. The van der Waals surface area contributed by atoms with Gasteiger partial charge in [-0.3, -0.25) is 9.78 Å². The van der Waals surface area contributed by atoms with Crippen LogP contribution >= 0.6 is 0 Å². The Morgan fingerprint density at radius 3 is 2.44 bits per heavy atom. The summed E-state index contributed by atoms with van der Waals surface area (Å²) >= 11 is 0. The zero-order valence-corrected chi connectivity index (χ0v) is 25.0. The highest BCUT2D eigenvalue weighted by Gasteiger charge is 2.26. The minimum Gasteiger partial charge on any atom is -0.493 e. The van der Waals surface area contributed by atoms with Gasteiger partial charge in [-0.15, -0.1) is 0 Å². The summed E-state index contributed by atoms with van der Waals surface area (Å²) in [6.07, 6.45) is 5.39. The van der Waals surface area contributed by atoms with E-state index in [1.807, 2.05) is 44.1 Å². The number of ether oxygens (including phenoxy) is 4. The summed E-state index contributed by atoms with van der Waals surface area (Å²) in [6.45, 7) is 2.81. The smallest absolute Gasteiger partial charge is 0.344 e. The van der Waals surface area contributed by atoms with Crippen LogP contribution < -0.4 is 19.5 Å². The minimum atomic E-state index is -0.510. The SMILES string of the molecule is COc1cc(/C=C2/C(C)=C(CC(=O)NCc3cccnc3)c3cc(F)ccc32)cc(OC)c1OCC(=O)OCCN(C)C. The molecule has 0 fully saturated rings. The maximum absolute atomic E-state index is 14.4. The lowest BCUT2D eigenvalue weighted by atomic mass is 10.00. The molecule has 1 aromatic heterocycles. The van der Waals surface area contributed by atoms with E-state index >= 15 is 0 Å². The lowest BCUT2D eigenvalue weighted by Gasteiger charge is -2.16. The van der Waals surface area contributed by atoms with Crippen LogP contribution in [0.15, 0.2) is 60.4 Å². The predicted molar refractivity (Wildman–Crippen MR) is 162 cm³/mol. The molecule has 4 rings (SSSR count). The van der Waals surface area contributed by atoms with Crippen LogP contribution in [0.25, 0.3) is 17.2 Å². The van der Waals surface area contributed by atoms with E-state index in [4.69, 9.17) is 18.9 Å². The summed E-state index contributed by atoms with van der Waals surface area (Å²) in [5, 5.41) is 2.92. The van der Waals surface area contributed by atoms with Gasteiger partial charge in [-0.05, 0) is 96.4 Å². The van der Waals surface area contributed by atoms with Crippen molar-refractivity contribution in [3.63, 3.8) is 0 Å². The molecule has 226 valence electrons. The number of benzene rings is 2. The van der Waals surface area contributed by atoms with Crippen molar-refractivity contribution >= 4 is 29.1 Å². The second-order valence-corrected chi connectivity index (χ2v) is 10.2. The van der Waals surface area contributed by atoms with Crippen LogP contribution in [0.3, 0.4) is 0 Å². The fraction of sp³-hybridized carbons (Fsp3) is 0.303. The quantitative estimate of drug-likeness (QED) is 0.285. The summed E-state index contributed by atoms with van der Waals surface area (Å²) in [5.41, 5.74) is 5.54. The average molecular weight is 590 g/mol. The van der Waals surface area contributed by atoms with E-state index in [1.165, 1.54) is 26.4 Å². The lowest BCUT2D eigenvalue weighted by molar-refractivity contribution is -0.146. The molecule has 0 bridgehead atoms. The van der Waals surface area contributed by atoms with Gasteiger partial charge in [-0.1, -0.05) is 12.1 Å². The number of fused-ring (bicyclic) bond motifs is 1. The summed E-state index contributed by atoms with van der Waals surface area (Å²) in [5.74, 6) is -0.0815. The molecule has 0 saturated heterocycles. The molecular formula is C33H36FN3O6. The number of pyridine rings is 1. The molecule has 1 aliphatic rings. The molecule has 0 atom stereocenters. The number of halogens is 1. The largest absolute Gasteiger partial charge is 0.493 e. The Balaban J connectivity index is 1.59. The number of hydrogen-bond acceptors (Lipinski definition) is 8. The van der Waals surface area contributed by atoms with E-state index in [0.717, 1.165) is 33.4 Å². The van der Waals surface area contributed by atoms with Gasteiger partial charge < -0.3 is 29.2 Å². The molecule has 1 amide bonds. The summed E-state index contributed by atoms with van der Waals surface area (Å²) < 4.78 is 36.5. The number of aromatic nitrogens is 1. The molecule has 0 spiro atoms. The third-order valence-electron chi connectivity index (χ3n) is 6.93. The molecule has 0 saturated carbocycles. The van der Waals surface area contributed by atoms with Crippen LogP contribution in [0, 0.1) is 5.82 Å². The second-order valence-electron chi connectivity index (χ2n) is 10.2. The number of methoxy groups -OCH3 is 2. The number of esters is 1. The van der Waals surface area contributed by atoms with Crippen molar-refractivity contribution in [3.8, 4) is 17.2 Å². The second kappa shape index (κ2) is 14.5. The first-order valence-corrected chi connectivity index (χ1v) is 13.8. The van der Waals surface area contributed by atoms with Crippen molar-refractivity contribution in [2.24, 2.45) is 0 Å². The fourth-order valence-electron chi connectivity index (χ4n) is 4.72. The van der Waals surface area contributed by atoms with Gasteiger partial charge in [0, 0.05) is 25.5 Å². The molecule has 0 aliphatic heterocycles. The first-order valence-electron chi connectivity index (χ1n) is 13.8. The van der Waals surface area contributed by atoms with E-state index in [-0.39, 0.29) is 37.1 Å². The van der Waals surface area contributed by atoms with Gasteiger partial charge in [0.15, 0.2) is 18.1 Å². The van der Waals surface area contributed by atoms with Crippen molar-refractivity contribution in [1.82, 2.24) is 15.2 Å². The zero-order valence-electron chi connectivity index (χ0n) is 25.0. The molecule has 0 unspecified atom stereocenters. The maximum Gasteiger partial charge on any atom is 0.344 e. The Kier molecular flexibility index (Phi) is 10.5. The van der Waals surface area contributed by atoms with Crippen LogP contribution in [-0.2, 0) is 20.9 Å². The lowest BCUT2D eigenvalue weighted by Crippen LogP contribution is -2.22. The van der Waals surface area contributed by atoms with Crippen LogP contribution in [0.5, 0.6) is 17.2 Å². The van der Waals surface area contributed by atoms with Gasteiger partial charge in [0.25, 0.3) is 0 Å².